The number of aliphatic hydroxyl groups is 8. The first-order chi connectivity index (χ1) is 48.1. The van der Waals surface area contributed by atoms with Gasteiger partial charge in [-0.15, -0.1) is 0 Å². The monoisotopic (exact) mass is 1380 g/mol. The fourth-order valence-corrected chi connectivity index (χ4v) is 12.4. The standard InChI is InChI=1S/C84H145NO13/c1-3-5-7-9-11-13-15-17-19-21-23-25-27-29-31-33-34-35-36-37-38-40-42-44-46-48-50-52-54-56-58-60-62-64-66-68-76(89)85-72(71-95-83-81(94)79(92)82(75(70-87)97-83)98-84-80(93)78(91)77(90)74(69-86)96-84)73(88)67-65-63-61-59-57-55-53-51-49-47-45-43-41-39-32-30-28-26-24-22-20-18-16-14-12-10-8-6-4-2/h5,7,11,13,17,19,23,25,29,31,34-35,37-38,42,44,57,59,65,67,72-75,77-84,86-88,90-94H,3-4,6,8-10,12,14-16,18,20-22,24,26-28,30,32-33,36,39-41,43,45-56,58,60-64,66,68-71H2,1-2H3,(H,85,89)/b7-5-,13-11-,19-17-,25-23-,31-29-,35-34-,38-37-,44-42-,59-57+,67-65+. The summed E-state index contributed by atoms with van der Waals surface area (Å²) in [7, 11) is 0. The van der Waals surface area contributed by atoms with Gasteiger partial charge in [0.1, 0.15) is 48.8 Å². The van der Waals surface area contributed by atoms with Gasteiger partial charge >= 0.3 is 0 Å². The molecule has 0 saturated carbocycles. The summed E-state index contributed by atoms with van der Waals surface area (Å²) in [4.78, 5) is 13.4. The van der Waals surface area contributed by atoms with Gasteiger partial charge in [0.05, 0.1) is 32.0 Å². The minimum Gasteiger partial charge on any atom is -0.394 e. The van der Waals surface area contributed by atoms with Crippen LogP contribution in [0.1, 0.15) is 309 Å². The van der Waals surface area contributed by atoms with Crippen molar-refractivity contribution in [2.75, 3.05) is 19.8 Å². The Kier molecular flexibility index (Phi) is 61.5. The van der Waals surface area contributed by atoms with Crippen LogP contribution in [-0.4, -0.2) is 140 Å². The lowest BCUT2D eigenvalue weighted by atomic mass is 9.97. The SMILES string of the molecule is CC/C=C\C/C=C\C/C=C\C/C=C\C/C=C\C/C=C\C/C=C\C/C=C\CCCCCCCCCCCCC(=O)NC(COC1OC(CO)C(OC2OC(CO)C(O)C(O)C2O)C(O)C1O)C(O)/C=C/CC/C=C/CCCCCCCCCCCCCCCCCCCCCCCCC. The van der Waals surface area contributed by atoms with Gasteiger partial charge in [0, 0.05) is 6.42 Å². The fraction of sp³-hybridized carbons (Fsp3) is 0.750. The molecule has 12 unspecified atom stereocenters. The van der Waals surface area contributed by atoms with Crippen LogP contribution >= 0.6 is 0 Å². The molecule has 2 rings (SSSR count). The molecule has 1 amide bonds. The first kappa shape index (κ1) is 90.5. The van der Waals surface area contributed by atoms with Crippen LogP contribution in [0.5, 0.6) is 0 Å². The number of carbonyl (C=O) groups excluding carboxylic acids is 1. The van der Waals surface area contributed by atoms with Crippen molar-refractivity contribution in [2.24, 2.45) is 0 Å². The summed E-state index contributed by atoms with van der Waals surface area (Å²) in [6, 6.07) is -0.944. The zero-order valence-corrected chi connectivity index (χ0v) is 61.7. The van der Waals surface area contributed by atoms with E-state index in [0.29, 0.717) is 12.8 Å². The van der Waals surface area contributed by atoms with Gasteiger partial charge in [-0.05, 0) is 96.3 Å². The van der Waals surface area contributed by atoms with Crippen LogP contribution < -0.4 is 5.32 Å². The Bertz CT molecular complexity index is 2110. The summed E-state index contributed by atoms with van der Waals surface area (Å²) in [5.74, 6) is -0.255. The summed E-state index contributed by atoms with van der Waals surface area (Å²) in [6.45, 7) is 2.69. The molecule has 0 aromatic heterocycles. The zero-order valence-electron chi connectivity index (χ0n) is 61.7. The lowest BCUT2D eigenvalue weighted by Crippen LogP contribution is -2.65. The van der Waals surface area contributed by atoms with Crippen LogP contribution in [0.4, 0.5) is 0 Å². The van der Waals surface area contributed by atoms with Crippen LogP contribution in [0.15, 0.2) is 122 Å². The summed E-state index contributed by atoms with van der Waals surface area (Å²) in [5, 5.41) is 87.6. The normalized spacial score (nSPS) is 22.7. The molecule has 9 N–H and O–H groups in total. The molecular formula is C84H145NO13. The van der Waals surface area contributed by atoms with Gasteiger partial charge < -0.3 is 65.1 Å². The van der Waals surface area contributed by atoms with Crippen LogP contribution in [0.25, 0.3) is 0 Å². The number of carbonyl (C=O) groups is 1. The molecule has 0 aromatic rings. The molecule has 2 heterocycles. The minimum atomic E-state index is -1.80. The van der Waals surface area contributed by atoms with Crippen molar-refractivity contribution in [2.45, 2.75) is 383 Å². The van der Waals surface area contributed by atoms with E-state index in [1.54, 1.807) is 6.08 Å². The lowest BCUT2D eigenvalue weighted by Gasteiger charge is -2.46. The highest BCUT2D eigenvalue weighted by atomic mass is 16.7. The quantitative estimate of drug-likeness (QED) is 0.0204. The van der Waals surface area contributed by atoms with Gasteiger partial charge in [-0.2, -0.15) is 0 Å². The molecule has 98 heavy (non-hydrogen) atoms. The number of hydrogen-bond donors (Lipinski definition) is 9. The van der Waals surface area contributed by atoms with Gasteiger partial charge in [-0.3, -0.25) is 4.79 Å². The van der Waals surface area contributed by atoms with Crippen LogP contribution in [0, 0.1) is 0 Å². The predicted octanol–water partition coefficient (Wildman–Crippen LogP) is 18.0. The number of nitrogens with one attached hydrogen (secondary N) is 1. The second-order valence-corrected chi connectivity index (χ2v) is 27.4. The van der Waals surface area contributed by atoms with Crippen LogP contribution in [0.2, 0.25) is 0 Å². The maximum Gasteiger partial charge on any atom is 0.220 e. The number of unbranched alkanes of at least 4 members (excludes halogenated alkanes) is 34. The van der Waals surface area contributed by atoms with Gasteiger partial charge in [0.15, 0.2) is 12.6 Å². The van der Waals surface area contributed by atoms with E-state index in [-0.39, 0.29) is 18.9 Å². The van der Waals surface area contributed by atoms with Gasteiger partial charge in [-0.25, -0.2) is 0 Å². The number of allylic oxidation sites excluding steroid dienone is 19. The van der Waals surface area contributed by atoms with E-state index in [0.717, 1.165) is 89.9 Å². The van der Waals surface area contributed by atoms with Crippen molar-refractivity contribution in [3.63, 3.8) is 0 Å². The topological polar surface area (TPSA) is 228 Å². The average Bonchev–Trinajstić information content (AvgIpc) is 0.797. The lowest BCUT2D eigenvalue weighted by molar-refractivity contribution is -0.359. The molecule has 0 spiro atoms. The smallest absolute Gasteiger partial charge is 0.220 e. The Balaban J connectivity index is 1.65. The van der Waals surface area contributed by atoms with Crippen molar-refractivity contribution >= 4 is 5.91 Å². The molecule has 0 aromatic carbocycles. The van der Waals surface area contributed by atoms with Crippen molar-refractivity contribution in [3.8, 4) is 0 Å². The van der Waals surface area contributed by atoms with E-state index in [1.807, 2.05) is 6.08 Å². The second-order valence-electron chi connectivity index (χ2n) is 27.4. The largest absolute Gasteiger partial charge is 0.394 e. The third-order valence-electron chi connectivity index (χ3n) is 18.6. The molecule has 12 atom stereocenters. The fourth-order valence-electron chi connectivity index (χ4n) is 12.4. The molecule has 2 aliphatic rings. The molecule has 14 nitrogen and oxygen atoms in total. The Morgan fingerprint density at radius 2 is 0.714 bits per heavy atom. The van der Waals surface area contributed by atoms with E-state index in [9.17, 15) is 45.6 Å². The summed E-state index contributed by atoms with van der Waals surface area (Å²) in [6.07, 6.45) is 81.3. The molecule has 0 aliphatic carbocycles. The maximum atomic E-state index is 13.4. The number of aliphatic hydroxyl groups excluding tert-OH is 8. The third-order valence-corrected chi connectivity index (χ3v) is 18.6. The van der Waals surface area contributed by atoms with Gasteiger partial charge in [0.25, 0.3) is 0 Å². The first-order valence-electron chi connectivity index (χ1n) is 39.8. The number of rotatable bonds is 65. The molecule has 2 fully saturated rings. The summed E-state index contributed by atoms with van der Waals surface area (Å²) in [5.41, 5.74) is 0. The van der Waals surface area contributed by atoms with E-state index < -0.39 is 86.8 Å². The van der Waals surface area contributed by atoms with Crippen molar-refractivity contribution in [1.29, 1.82) is 0 Å². The molecule has 0 bridgehead atoms. The highest BCUT2D eigenvalue weighted by Gasteiger charge is 2.51. The van der Waals surface area contributed by atoms with E-state index in [2.05, 4.69) is 129 Å². The minimum absolute atomic E-state index is 0.255. The number of hydrogen-bond acceptors (Lipinski definition) is 13. The highest BCUT2D eigenvalue weighted by Crippen LogP contribution is 2.30. The predicted molar refractivity (Wildman–Crippen MR) is 405 cm³/mol. The van der Waals surface area contributed by atoms with Crippen molar-refractivity contribution in [3.05, 3.63) is 122 Å². The van der Waals surface area contributed by atoms with Crippen molar-refractivity contribution < 1.29 is 64.6 Å². The molecule has 2 saturated heterocycles. The number of ether oxygens (including phenoxy) is 4. The van der Waals surface area contributed by atoms with E-state index >= 15 is 0 Å². The maximum absolute atomic E-state index is 13.4. The van der Waals surface area contributed by atoms with E-state index in [4.69, 9.17) is 18.9 Å². The Labute approximate surface area is 597 Å². The Morgan fingerprint density at radius 1 is 0.378 bits per heavy atom. The van der Waals surface area contributed by atoms with Crippen molar-refractivity contribution in [1.82, 2.24) is 5.32 Å². The van der Waals surface area contributed by atoms with Gasteiger partial charge in [0.2, 0.25) is 5.91 Å². The third kappa shape index (κ3) is 49.1. The van der Waals surface area contributed by atoms with Crippen LogP contribution in [-0.2, 0) is 23.7 Å². The first-order valence-corrected chi connectivity index (χ1v) is 39.8. The zero-order chi connectivity index (χ0) is 70.8. The van der Waals surface area contributed by atoms with Crippen LogP contribution in [0.3, 0.4) is 0 Å². The molecular weight excluding hydrogens is 1230 g/mol. The second kappa shape index (κ2) is 66.6. The molecule has 564 valence electrons. The molecule has 14 heteroatoms. The van der Waals surface area contributed by atoms with E-state index in [1.165, 1.54) is 186 Å². The summed E-state index contributed by atoms with van der Waals surface area (Å²) >= 11 is 0. The summed E-state index contributed by atoms with van der Waals surface area (Å²) < 4.78 is 22.9. The molecule has 0 radical (unpaired) electrons. The highest BCUT2D eigenvalue weighted by molar-refractivity contribution is 5.76. The number of amides is 1. The Morgan fingerprint density at radius 3 is 1.12 bits per heavy atom. The average molecular weight is 1380 g/mol. The Hall–Kier alpha value is -3.61. The molecule has 2 aliphatic heterocycles. The van der Waals surface area contributed by atoms with Gasteiger partial charge in [-0.1, -0.05) is 328 Å².